The number of ether oxygens (including phenoxy) is 1. The molecule has 168 valence electrons. The third kappa shape index (κ3) is 6.71. The van der Waals surface area contributed by atoms with Gasteiger partial charge in [0.1, 0.15) is 5.75 Å². The minimum atomic E-state index is -3.18. The molecule has 0 unspecified atom stereocenters. The minimum Gasteiger partial charge on any atom is -0.490 e. The number of benzene rings is 1. The number of nitrogens with zero attached hydrogens (tertiary/aromatic N) is 1. The topological polar surface area (TPSA) is 75.7 Å². The molecule has 1 heterocycles. The summed E-state index contributed by atoms with van der Waals surface area (Å²) in [6.07, 6.45) is 9.15. The van der Waals surface area contributed by atoms with Gasteiger partial charge in [0.2, 0.25) is 15.9 Å². The van der Waals surface area contributed by atoms with Gasteiger partial charge < -0.3 is 10.1 Å². The van der Waals surface area contributed by atoms with E-state index >= 15 is 0 Å². The van der Waals surface area contributed by atoms with E-state index in [2.05, 4.69) is 5.32 Å². The molecule has 1 amide bonds. The van der Waals surface area contributed by atoms with Crippen LogP contribution in [0.2, 0.25) is 0 Å². The maximum Gasteiger partial charge on any atom is 0.223 e. The average Bonchev–Trinajstić information content (AvgIpc) is 2.78. The van der Waals surface area contributed by atoms with Gasteiger partial charge >= 0.3 is 0 Å². The lowest BCUT2D eigenvalue weighted by Crippen LogP contribution is -2.43. The maximum absolute atomic E-state index is 12.5. The van der Waals surface area contributed by atoms with Crippen molar-refractivity contribution in [2.45, 2.75) is 77.4 Å². The van der Waals surface area contributed by atoms with Crippen LogP contribution in [0.5, 0.6) is 5.75 Å². The summed E-state index contributed by atoms with van der Waals surface area (Å²) in [5.41, 5.74) is 1.04. The SMILES string of the molecule is CCCCS(=O)(=O)N1CCC(C(=O)NCc2ccc(OC3CCCCC3)cc2)CC1. The number of amides is 1. The van der Waals surface area contributed by atoms with Gasteiger partial charge in [0, 0.05) is 25.6 Å². The first-order chi connectivity index (χ1) is 14.5. The van der Waals surface area contributed by atoms with Crippen molar-refractivity contribution < 1.29 is 17.9 Å². The van der Waals surface area contributed by atoms with E-state index in [1.165, 1.54) is 19.3 Å². The second kappa shape index (κ2) is 11.1. The molecule has 0 atom stereocenters. The molecule has 1 aromatic carbocycles. The number of carbonyl (C=O) groups is 1. The largest absolute Gasteiger partial charge is 0.490 e. The quantitative estimate of drug-likeness (QED) is 0.638. The molecule has 2 fully saturated rings. The Morgan fingerprint density at radius 1 is 1.07 bits per heavy atom. The summed E-state index contributed by atoms with van der Waals surface area (Å²) in [5, 5.41) is 3.01. The van der Waals surface area contributed by atoms with Crippen molar-refractivity contribution in [1.82, 2.24) is 9.62 Å². The molecular weight excluding hydrogens is 400 g/mol. The van der Waals surface area contributed by atoms with E-state index < -0.39 is 10.0 Å². The zero-order valence-electron chi connectivity index (χ0n) is 18.1. The normalized spacial score (nSPS) is 19.5. The Labute approximate surface area is 181 Å². The Balaban J connectivity index is 1.40. The van der Waals surface area contributed by atoms with E-state index in [0.29, 0.717) is 45.0 Å². The first kappa shape index (κ1) is 23.1. The highest BCUT2D eigenvalue weighted by atomic mass is 32.2. The van der Waals surface area contributed by atoms with Gasteiger partial charge in [-0.3, -0.25) is 4.79 Å². The van der Waals surface area contributed by atoms with Crippen LogP contribution in [0, 0.1) is 5.92 Å². The zero-order chi connectivity index (χ0) is 21.4. The van der Waals surface area contributed by atoms with Crippen LogP contribution >= 0.6 is 0 Å². The van der Waals surface area contributed by atoms with Gasteiger partial charge in [-0.25, -0.2) is 12.7 Å². The van der Waals surface area contributed by atoms with Crippen LogP contribution in [-0.4, -0.2) is 43.6 Å². The summed E-state index contributed by atoms with van der Waals surface area (Å²) in [6.45, 7) is 3.36. The molecule has 1 saturated heterocycles. The zero-order valence-corrected chi connectivity index (χ0v) is 19.0. The summed E-state index contributed by atoms with van der Waals surface area (Å²) in [4.78, 5) is 12.5. The summed E-state index contributed by atoms with van der Waals surface area (Å²) in [5.74, 6) is 1.01. The minimum absolute atomic E-state index is 0.0168. The van der Waals surface area contributed by atoms with Gasteiger partial charge in [-0.05, 0) is 62.6 Å². The van der Waals surface area contributed by atoms with Crippen LogP contribution in [0.15, 0.2) is 24.3 Å². The molecule has 1 N–H and O–H groups in total. The highest BCUT2D eigenvalue weighted by Gasteiger charge is 2.30. The number of carbonyl (C=O) groups excluding carboxylic acids is 1. The van der Waals surface area contributed by atoms with Crippen molar-refractivity contribution in [3.63, 3.8) is 0 Å². The molecule has 0 bridgehead atoms. The van der Waals surface area contributed by atoms with Crippen LogP contribution in [-0.2, 0) is 21.4 Å². The van der Waals surface area contributed by atoms with Gasteiger partial charge in [-0.1, -0.05) is 31.9 Å². The lowest BCUT2D eigenvalue weighted by Gasteiger charge is -2.30. The van der Waals surface area contributed by atoms with Crippen molar-refractivity contribution in [2.24, 2.45) is 5.92 Å². The van der Waals surface area contributed by atoms with Gasteiger partial charge in [0.25, 0.3) is 0 Å². The van der Waals surface area contributed by atoms with Gasteiger partial charge in [0.05, 0.1) is 11.9 Å². The summed E-state index contributed by atoms with van der Waals surface area (Å²) < 4.78 is 32.2. The number of sulfonamides is 1. The molecule has 30 heavy (non-hydrogen) atoms. The second-order valence-electron chi connectivity index (χ2n) is 8.58. The van der Waals surface area contributed by atoms with E-state index in [-0.39, 0.29) is 17.6 Å². The van der Waals surface area contributed by atoms with Crippen LogP contribution in [0.4, 0.5) is 0 Å². The molecule has 1 aromatic rings. The third-order valence-corrected chi connectivity index (χ3v) is 8.18. The van der Waals surface area contributed by atoms with E-state index in [9.17, 15) is 13.2 Å². The molecule has 0 spiro atoms. The summed E-state index contributed by atoms with van der Waals surface area (Å²) >= 11 is 0. The lowest BCUT2D eigenvalue weighted by molar-refractivity contribution is -0.126. The van der Waals surface area contributed by atoms with Crippen molar-refractivity contribution in [3.05, 3.63) is 29.8 Å². The third-order valence-electron chi connectivity index (χ3n) is 6.22. The number of unbranched alkanes of at least 4 members (excludes halogenated alkanes) is 1. The smallest absolute Gasteiger partial charge is 0.223 e. The molecule has 0 radical (unpaired) electrons. The standard InChI is InChI=1S/C23H36N2O4S/c1-2-3-17-30(27,28)25-15-13-20(14-16-25)23(26)24-18-19-9-11-22(12-10-19)29-21-7-5-4-6-8-21/h9-12,20-21H,2-8,13-18H2,1H3,(H,24,26). The number of nitrogens with one attached hydrogen (secondary N) is 1. The molecule has 1 aliphatic carbocycles. The second-order valence-corrected chi connectivity index (χ2v) is 10.7. The van der Waals surface area contributed by atoms with Crippen LogP contribution in [0.25, 0.3) is 0 Å². The maximum atomic E-state index is 12.5. The fraction of sp³-hybridized carbons (Fsp3) is 0.696. The monoisotopic (exact) mass is 436 g/mol. The van der Waals surface area contributed by atoms with Gasteiger partial charge in [-0.2, -0.15) is 0 Å². The van der Waals surface area contributed by atoms with Crippen molar-refractivity contribution in [2.75, 3.05) is 18.8 Å². The van der Waals surface area contributed by atoms with Gasteiger partial charge in [0.15, 0.2) is 0 Å². The van der Waals surface area contributed by atoms with Crippen LogP contribution < -0.4 is 10.1 Å². The predicted octanol–water partition coefficient (Wildman–Crippen LogP) is 3.86. The molecule has 2 aliphatic rings. The molecule has 7 heteroatoms. The highest BCUT2D eigenvalue weighted by molar-refractivity contribution is 7.89. The first-order valence-corrected chi connectivity index (χ1v) is 13.1. The predicted molar refractivity (Wildman–Crippen MR) is 119 cm³/mol. The Bertz CT molecular complexity index is 765. The Kier molecular flexibility index (Phi) is 8.57. The Hall–Kier alpha value is -1.60. The molecule has 1 saturated carbocycles. The van der Waals surface area contributed by atoms with E-state index in [1.807, 2.05) is 31.2 Å². The lowest BCUT2D eigenvalue weighted by atomic mass is 9.97. The number of rotatable bonds is 9. The number of hydrogen-bond acceptors (Lipinski definition) is 4. The van der Waals surface area contributed by atoms with Crippen LogP contribution in [0.3, 0.4) is 0 Å². The molecule has 6 nitrogen and oxygen atoms in total. The van der Waals surface area contributed by atoms with Crippen molar-refractivity contribution in [3.8, 4) is 5.75 Å². The summed E-state index contributed by atoms with van der Waals surface area (Å²) in [6, 6.07) is 7.97. The fourth-order valence-corrected chi connectivity index (χ4v) is 5.93. The van der Waals surface area contributed by atoms with Gasteiger partial charge in [-0.15, -0.1) is 0 Å². The summed E-state index contributed by atoms with van der Waals surface area (Å²) in [7, 11) is -3.18. The van der Waals surface area contributed by atoms with Crippen LogP contribution in [0.1, 0.15) is 70.3 Å². The molecule has 0 aromatic heterocycles. The van der Waals surface area contributed by atoms with E-state index in [0.717, 1.165) is 30.6 Å². The molecule has 3 rings (SSSR count). The molecular formula is C23H36N2O4S. The molecule has 1 aliphatic heterocycles. The first-order valence-electron chi connectivity index (χ1n) is 11.5. The number of piperidine rings is 1. The average molecular weight is 437 g/mol. The van der Waals surface area contributed by atoms with Crippen molar-refractivity contribution in [1.29, 1.82) is 0 Å². The van der Waals surface area contributed by atoms with E-state index in [4.69, 9.17) is 4.74 Å². The Morgan fingerprint density at radius 2 is 1.73 bits per heavy atom. The van der Waals surface area contributed by atoms with E-state index in [1.54, 1.807) is 4.31 Å². The van der Waals surface area contributed by atoms with Crippen molar-refractivity contribution >= 4 is 15.9 Å². The fourth-order valence-electron chi connectivity index (χ4n) is 4.25. The number of hydrogen-bond donors (Lipinski definition) is 1. The highest BCUT2D eigenvalue weighted by Crippen LogP contribution is 2.24. The Morgan fingerprint density at radius 3 is 2.37 bits per heavy atom.